The highest BCUT2D eigenvalue weighted by atomic mass is 35.5. The quantitative estimate of drug-likeness (QED) is 0.922. The summed E-state index contributed by atoms with van der Waals surface area (Å²) in [4.78, 5) is 14.9. The van der Waals surface area contributed by atoms with E-state index in [-0.39, 0.29) is 24.4 Å². The summed E-state index contributed by atoms with van der Waals surface area (Å²) in [5.41, 5.74) is 1.26. The molecule has 0 aliphatic carbocycles. The predicted octanol–water partition coefficient (Wildman–Crippen LogP) is 2.11. The first-order valence-electron chi connectivity index (χ1n) is 8.35. The average Bonchev–Trinajstić information content (AvgIpc) is 3.29. The topological polar surface area (TPSA) is 50.2 Å². The molecule has 5 nitrogen and oxygen atoms in total. The van der Waals surface area contributed by atoms with Gasteiger partial charge in [-0.25, -0.2) is 0 Å². The fourth-order valence-corrected chi connectivity index (χ4v) is 4.04. The van der Waals surface area contributed by atoms with E-state index in [1.807, 2.05) is 23.0 Å². The van der Waals surface area contributed by atoms with Crippen LogP contribution in [0.25, 0.3) is 0 Å². The Morgan fingerprint density at radius 2 is 2.04 bits per heavy atom. The Labute approximate surface area is 148 Å². The molecule has 0 unspecified atom stereocenters. The number of likely N-dealkylation sites (tertiary alicyclic amines) is 1. The Morgan fingerprint density at radius 1 is 1.21 bits per heavy atom. The minimum absolute atomic E-state index is 0. The maximum atomic E-state index is 12.8. The zero-order valence-corrected chi connectivity index (χ0v) is 14.4. The third-order valence-electron chi connectivity index (χ3n) is 5.14. The molecule has 3 heterocycles. The molecule has 2 fully saturated rings. The number of carbonyl (C=O) groups excluding carboxylic acids is 1. The first-order chi connectivity index (χ1) is 11.3. The third-order valence-corrected chi connectivity index (χ3v) is 5.14. The number of carbonyl (C=O) groups is 1. The number of halogens is 1. The van der Waals surface area contributed by atoms with E-state index in [2.05, 4.69) is 39.6 Å². The van der Waals surface area contributed by atoms with Gasteiger partial charge in [0.05, 0.1) is 6.04 Å². The summed E-state index contributed by atoms with van der Waals surface area (Å²) >= 11 is 0. The van der Waals surface area contributed by atoms with Crippen LogP contribution < -0.4 is 5.32 Å². The van der Waals surface area contributed by atoms with Crippen LogP contribution >= 0.6 is 12.4 Å². The van der Waals surface area contributed by atoms with Crippen molar-refractivity contribution >= 4 is 18.3 Å². The molecule has 128 valence electrons. The number of fused-ring (bicyclic) bond motifs is 1. The van der Waals surface area contributed by atoms with E-state index in [4.69, 9.17) is 0 Å². The lowest BCUT2D eigenvalue weighted by Gasteiger charge is -2.28. The summed E-state index contributed by atoms with van der Waals surface area (Å²) in [6.07, 6.45) is 4.17. The molecule has 4 rings (SSSR count). The van der Waals surface area contributed by atoms with Gasteiger partial charge < -0.3 is 10.2 Å². The van der Waals surface area contributed by atoms with Crippen molar-refractivity contribution < 1.29 is 4.79 Å². The van der Waals surface area contributed by atoms with Crippen LogP contribution in [0.15, 0.2) is 48.8 Å². The number of rotatable bonds is 4. The Balaban J connectivity index is 0.00000169. The van der Waals surface area contributed by atoms with Gasteiger partial charge in [-0.1, -0.05) is 30.3 Å². The predicted molar refractivity (Wildman–Crippen MR) is 94.8 cm³/mol. The van der Waals surface area contributed by atoms with Gasteiger partial charge >= 0.3 is 0 Å². The van der Waals surface area contributed by atoms with Gasteiger partial charge in [0, 0.05) is 50.9 Å². The first kappa shape index (κ1) is 17.0. The normalized spacial score (nSPS) is 25.3. The molecule has 0 spiro atoms. The lowest BCUT2D eigenvalue weighted by molar-refractivity contribution is -0.133. The van der Waals surface area contributed by atoms with Gasteiger partial charge in [0.1, 0.15) is 0 Å². The maximum absolute atomic E-state index is 12.8. The van der Waals surface area contributed by atoms with E-state index in [1.54, 1.807) is 6.20 Å². The molecular formula is C18H23ClN4O. The zero-order chi connectivity index (χ0) is 15.6. The smallest absolute Gasteiger partial charge is 0.224 e. The number of aryl methyl sites for hydroxylation is 1. The number of aromatic nitrogens is 2. The van der Waals surface area contributed by atoms with Crippen molar-refractivity contribution in [2.45, 2.75) is 19.0 Å². The van der Waals surface area contributed by atoms with E-state index in [9.17, 15) is 4.79 Å². The lowest BCUT2D eigenvalue weighted by atomic mass is 9.89. The van der Waals surface area contributed by atoms with Crippen molar-refractivity contribution in [3.8, 4) is 0 Å². The fraction of sp³-hybridized carbons (Fsp3) is 0.444. The molecule has 2 aliphatic heterocycles. The van der Waals surface area contributed by atoms with E-state index in [1.165, 1.54) is 5.56 Å². The summed E-state index contributed by atoms with van der Waals surface area (Å²) in [5, 5.41) is 7.67. The van der Waals surface area contributed by atoms with Crippen molar-refractivity contribution in [1.29, 1.82) is 0 Å². The van der Waals surface area contributed by atoms with Crippen LogP contribution in [0.3, 0.4) is 0 Å². The number of benzene rings is 1. The van der Waals surface area contributed by atoms with Crippen molar-refractivity contribution in [2.75, 3.05) is 19.6 Å². The summed E-state index contributed by atoms with van der Waals surface area (Å²) in [6.45, 7) is 3.55. The van der Waals surface area contributed by atoms with Crippen LogP contribution in [0.2, 0.25) is 0 Å². The number of nitrogens with zero attached hydrogens (tertiary/aromatic N) is 3. The third kappa shape index (κ3) is 3.19. The molecule has 3 atom stereocenters. The van der Waals surface area contributed by atoms with Gasteiger partial charge in [-0.15, -0.1) is 12.4 Å². The fourth-order valence-electron chi connectivity index (χ4n) is 4.04. The van der Waals surface area contributed by atoms with E-state index in [0.717, 1.165) is 19.6 Å². The number of hydrogen-bond donors (Lipinski definition) is 1. The van der Waals surface area contributed by atoms with Crippen molar-refractivity contribution in [2.24, 2.45) is 11.8 Å². The molecule has 0 saturated carbocycles. The summed E-state index contributed by atoms with van der Waals surface area (Å²) < 4.78 is 1.83. The van der Waals surface area contributed by atoms with Crippen LogP contribution in [0, 0.1) is 11.8 Å². The maximum Gasteiger partial charge on any atom is 0.224 e. The van der Waals surface area contributed by atoms with Crippen LogP contribution in [0.1, 0.15) is 18.0 Å². The van der Waals surface area contributed by atoms with E-state index >= 15 is 0 Å². The number of nitrogens with one attached hydrogen (secondary N) is 1. The van der Waals surface area contributed by atoms with E-state index < -0.39 is 0 Å². The van der Waals surface area contributed by atoms with Crippen molar-refractivity contribution in [3.05, 3.63) is 54.4 Å². The molecule has 1 amide bonds. The second kappa shape index (κ2) is 7.36. The number of hydrogen-bond acceptors (Lipinski definition) is 3. The molecular weight excluding hydrogens is 324 g/mol. The average molecular weight is 347 g/mol. The monoisotopic (exact) mass is 346 g/mol. The van der Waals surface area contributed by atoms with Crippen LogP contribution in [0.5, 0.6) is 0 Å². The van der Waals surface area contributed by atoms with Gasteiger partial charge in [0.2, 0.25) is 5.91 Å². The molecule has 2 saturated heterocycles. The van der Waals surface area contributed by atoms with Gasteiger partial charge in [-0.3, -0.25) is 9.48 Å². The van der Waals surface area contributed by atoms with Gasteiger partial charge in [0.15, 0.2) is 0 Å². The Morgan fingerprint density at radius 3 is 2.79 bits per heavy atom. The van der Waals surface area contributed by atoms with E-state index in [0.29, 0.717) is 24.8 Å². The van der Waals surface area contributed by atoms with Crippen LogP contribution in [-0.2, 0) is 11.3 Å². The highest BCUT2D eigenvalue weighted by molar-refractivity contribution is 5.85. The minimum atomic E-state index is 0. The van der Waals surface area contributed by atoms with Crippen molar-refractivity contribution in [3.63, 3.8) is 0 Å². The van der Waals surface area contributed by atoms with Gasteiger partial charge in [0.25, 0.3) is 0 Å². The summed E-state index contributed by atoms with van der Waals surface area (Å²) in [7, 11) is 0. The zero-order valence-electron chi connectivity index (χ0n) is 13.5. The Kier molecular flexibility index (Phi) is 5.21. The molecule has 1 aromatic carbocycles. The first-order valence-corrected chi connectivity index (χ1v) is 8.35. The van der Waals surface area contributed by atoms with Gasteiger partial charge in [-0.05, 0) is 17.5 Å². The highest BCUT2D eigenvalue weighted by Gasteiger charge is 2.46. The molecule has 0 radical (unpaired) electrons. The minimum Gasteiger partial charge on any atom is -0.335 e. The van der Waals surface area contributed by atoms with Crippen molar-refractivity contribution in [1.82, 2.24) is 20.0 Å². The Hall–Kier alpha value is -1.85. The van der Waals surface area contributed by atoms with Gasteiger partial charge in [-0.2, -0.15) is 5.10 Å². The second-order valence-corrected chi connectivity index (χ2v) is 6.50. The van der Waals surface area contributed by atoms with Crippen LogP contribution in [0.4, 0.5) is 0 Å². The van der Waals surface area contributed by atoms with Crippen LogP contribution in [-0.4, -0.2) is 40.2 Å². The summed E-state index contributed by atoms with van der Waals surface area (Å²) in [6, 6.07) is 12.6. The largest absolute Gasteiger partial charge is 0.335 e. The molecule has 2 aliphatic rings. The molecule has 1 N–H and O–H groups in total. The number of amides is 1. The molecule has 1 aromatic heterocycles. The highest BCUT2D eigenvalue weighted by Crippen LogP contribution is 2.42. The standard InChI is InChI=1S/C18H22N4O.ClH/c23-17(7-10-21-9-4-8-20-21)22-13-15-11-19-12-16(15)18(22)14-5-2-1-3-6-14;/h1-6,8-9,15-16,18-19H,7,10-13H2;1H/t15-,16-,18+;/m0./s1. The summed E-state index contributed by atoms with van der Waals surface area (Å²) in [5.74, 6) is 1.35. The molecule has 24 heavy (non-hydrogen) atoms. The molecule has 0 bridgehead atoms. The molecule has 2 aromatic rings. The second-order valence-electron chi connectivity index (χ2n) is 6.50. The lowest BCUT2D eigenvalue weighted by Crippen LogP contribution is -2.35. The SMILES string of the molecule is Cl.O=C(CCn1cccn1)N1C[C@@H]2CNC[C@@H]2[C@H]1c1ccccc1. The Bertz CT molecular complexity index is 661. The molecule has 6 heteroatoms.